The molecule has 0 amide bonds. The van der Waals surface area contributed by atoms with E-state index in [-0.39, 0.29) is 0 Å². The van der Waals surface area contributed by atoms with Gasteiger partial charge in [-0.3, -0.25) is 0 Å². The first kappa shape index (κ1) is 8.28. The average Bonchev–Trinajstić information content (AvgIpc) is 2.33. The van der Waals surface area contributed by atoms with E-state index in [9.17, 15) is 5.11 Å². The molecule has 13 heavy (non-hydrogen) atoms. The van der Waals surface area contributed by atoms with Crippen molar-refractivity contribution in [1.82, 2.24) is 0 Å². The highest BCUT2D eigenvalue weighted by Crippen LogP contribution is 2.57. The van der Waals surface area contributed by atoms with Crippen LogP contribution < -0.4 is 0 Å². The molecule has 4 aliphatic carbocycles. The number of aliphatic hydroxyl groups is 1. The number of fused-ring (bicyclic) bond motifs is 1. The normalized spacial score (nSPS) is 53.8. The van der Waals surface area contributed by atoms with Crippen molar-refractivity contribution in [1.29, 1.82) is 0 Å². The third kappa shape index (κ3) is 1.24. The number of aliphatic hydroxyl groups excluding tert-OH is 1. The van der Waals surface area contributed by atoms with Crippen molar-refractivity contribution in [2.75, 3.05) is 6.61 Å². The lowest BCUT2D eigenvalue weighted by molar-refractivity contribution is -0.0118. The van der Waals surface area contributed by atoms with Gasteiger partial charge in [0, 0.05) is 6.61 Å². The van der Waals surface area contributed by atoms with Crippen molar-refractivity contribution >= 4 is 0 Å². The lowest BCUT2D eigenvalue weighted by Gasteiger charge is -2.47. The van der Waals surface area contributed by atoms with Crippen molar-refractivity contribution in [3.63, 3.8) is 0 Å². The van der Waals surface area contributed by atoms with Gasteiger partial charge in [-0.15, -0.1) is 0 Å². The van der Waals surface area contributed by atoms with Crippen LogP contribution in [0, 0.1) is 23.2 Å². The molecule has 4 rings (SSSR count). The van der Waals surface area contributed by atoms with Crippen molar-refractivity contribution in [3.05, 3.63) is 0 Å². The molecule has 2 unspecified atom stereocenters. The standard InChI is InChI=1S/C12H20O/c13-8-12-5-9-1-2-10(6-12)4-11(3-9)7-12/h9-11,13H,1-8H2. The quantitative estimate of drug-likeness (QED) is 0.657. The second-order valence-electron chi connectivity index (χ2n) is 5.92. The van der Waals surface area contributed by atoms with Gasteiger partial charge in [-0.2, -0.15) is 0 Å². The van der Waals surface area contributed by atoms with Gasteiger partial charge in [0.05, 0.1) is 0 Å². The van der Waals surface area contributed by atoms with E-state index in [1.54, 1.807) is 0 Å². The SMILES string of the molecule is OCC12CC3CCC(CC(C3)C1)C2. The van der Waals surface area contributed by atoms with Crippen LogP contribution in [-0.2, 0) is 0 Å². The highest BCUT2D eigenvalue weighted by atomic mass is 16.3. The van der Waals surface area contributed by atoms with Gasteiger partial charge in [-0.1, -0.05) is 12.8 Å². The van der Waals surface area contributed by atoms with E-state index in [0.717, 1.165) is 17.8 Å². The lowest BCUT2D eigenvalue weighted by atomic mass is 9.59. The monoisotopic (exact) mass is 180 g/mol. The molecule has 1 N–H and O–H groups in total. The summed E-state index contributed by atoms with van der Waals surface area (Å²) in [6.45, 7) is 0.469. The maximum atomic E-state index is 9.56. The number of rotatable bonds is 1. The average molecular weight is 180 g/mol. The first-order chi connectivity index (χ1) is 6.30. The van der Waals surface area contributed by atoms with E-state index in [0.29, 0.717) is 12.0 Å². The fourth-order valence-corrected chi connectivity index (χ4v) is 4.56. The van der Waals surface area contributed by atoms with Crippen LogP contribution in [-0.4, -0.2) is 11.7 Å². The molecular formula is C12H20O. The zero-order chi connectivity index (χ0) is 8.89. The zero-order valence-corrected chi connectivity index (χ0v) is 8.34. The minimum absolute atomic E-state index is 0.382. The smallest absolute Gasteiger partial charge is 0.0487 e. The first-order valence-corrected chi connectivity index (χ1v) is 5.90. The summed E-state index contributed by atoms with van der Waals surface area (Å²) >= 11 is 0. The van der Waals surface area contributed by atoms with Gasteiger partial charge >= 0.3 is 0 Å². The summed E-state index contributed by atoms with van der Waals surface area (Å²) in [4.78, 5) is 0. The molecule has 0 spiro atoms. The van der Waals surface area contributed by atoms with Crippen LogP contribution in [0.2, 0.25) is 0 Å². The summed E-state index contributed by atoms with van der Waals surface area (Å²) < 4.78 is 0. The molecule has 4 saturated carbocycles. The molecule has 4 fully saturated rings. The van der Waals surface area contributed by atoms with Crippen molar-refractivity contribution in [3.8, 4) is 0 Å². The Morgan fingerprint density at radius 3 is 2.00 bits per heavy atom. The summed E-state index contributed by atoms with van der Waals surface area (Å²) in [7, 11) is 0. The molecule has 0 aromatic heterocycles. The second kappa shape index (κ2) is 2.73. The van der Waals surface area contributed by atoms with E-state index in [1.807, 2.05) is 0 Å². The van der Waals surface area contributed by atoms with Crippen LogP contribution in [0.1, 0.15) is 44.9 Å². The Morgan fingerprint density at radius 2 is 1.46 bits per heavy atom. The van der Waals surface area contributed by atoms with Crippen molar-refractivity contribution < 1.29 is 5.11 Å². The molecule has 4 aliphatic rings. The fourth-order valence-electron chi connectivity index (χ4n) is 4.56. The lowest BCUT2D eigenvalue weighted by Crippen LogP contribution is -2.40. The Labute approximate surface area is 80.5 Å². The summed E-state index contributed by atoms with van der Waals surface area (Å²) in [5, 5.41) is 9.56. The molecular weight excluding hydrogens is 160 g/mol. The van der Waals surface area contributed by atoms with E-state index < -0.39 is 0 Å². The topological polar surface area (TPSA) is 20.2 Å². The Kier molecular flexibility index (Phi) is 1.74. The van der Waals surface area contributed by atoms with Crippen LogP contribution in [0.15, 0.2) is 0 Å². The van der Waals surface area contributed by atoms with Crippen LogP contribution in [0.5, 0.6) is 0 Å². The molecule has 1 heteroatoms. The molecule has 0 aromatic carbocycles. The summed E-state index contributed by atoms with van der Waals surface area (Å²) in [6.07, 6.45) is 9.92. The molecule has 0 aromatic rings. The van der Waals surface area contributed by atoms with Crippen LogP contribution in [0.3, 0.4) is 0 Å². The highest BCUT2D eigenvalue weighted by Gasteiger charge is 2.47. The largest absolute Gasteiger partial charge is 0.396 e. The Morgan fingerprint density at radius 1 is 0.923 bits per heavy atom. The van der Waals surface area contributed by atoms with Crippen LogP contribution in [0.4, 0.5) is 0 Å². The molecule has 2 atom stereocenters. The predicted octanol–water partition coefficient (Wildman–Crippen LogP) is 2.59. The third-order valence-corrected chi connectivity index (χ3v) is 4.82. The first-order valence-electron chi connectivity index (χ1n) is 5.90. The van der Waals surface area contributed by atoms with Gasteiger partial charge < -0.3 is 5.11 Å². The highest BCUT2D eigenvalue weighted by molar-refractivity contribution is 4.98. The summed E-state index contributed by atoms with van der Waals surface area (Å²) in [5.41, 5.74) is 0.382. The summed E-state index contributed by atoms with van der Waals surface area (Å²) in [6, 6.07) is 0. The molecule has 4 bridgehead atoms. The van der Waals surface area contributed by atoms with Gasteiger partial charge in [0.2, 0.25) is 0 Å². The predicted molar refractivity (Wildman–Crippen MR) is 52.3 cm³/mol. The molecule has 0 heterocycles. The molecule has 0 aliphatic heterocycles. The minimum atomic E-state index is 0.382. The molecule has 0 radical (unpaired) electrons. The van der Waals surface area contributed by atoms with E-state index >= 15 is 0 Å². The van der Waals surface area contributed by atoms with Gasteiger partial charge in [-0.05, 0) is 55.3 Å². The van der Waals surface area contributed by atoms with Crippen LogP contribution >= 0.6 is 0 Å². The zero-order valence-electron chi connectivity index (χ0n) is 8.34. The van der Waals surface area contributed by atoms with Crippen molar-refractivity contribution in [2.45, 2.75) is 44.9 Å². The van der Waals surface area contributed by atoms with Gasteiger partial charge in [-0.25, -0.2) is 0 Å². The van der Waals surface area contributed by atoms with Crippen molar-refractivity contribution in [2.24, 2.45) is 23.2 Å². The Bertz CT molecular complexity index is 195. The summed E-state index contributed by atoms with van der Waals surface area (Å²) in [5.74, 6) is 2.92. The Balaban J connectivity index is 1.92. The van der Waals surface area contributed by atoms with Gasteiger partial charge in [0.25, 0.3) is 0 Å². The number of hydrogen-bond donors (Lipinski definition) is 1. The molecule has 1 nitrogen and oxygen atoms in total. The molecule has 0 saturated heterocycles. The number of hydrogen-bond acceptors (Lipinski definition) is 1. The second-order valence-corrected chi connectivity index (χ2v) is 5.92. The maximum Gasteiger partial charge on any atom is 0.0487 e. The Hall–Kier alpha value is -0.0400. The third-order valence-electron chi connectivity index (χ3n) is 4.82. The molecule has 74 valence electrons. The van der Waals surface area contributed by atoms with E-state index in [2.05, 4.69) is 0 Å². The van der Waals surface area contributed by atoms with Gasteiger partial charge in [0.1, 0.15) is 0 Å². The maximum absolute atomic E-state index is 9.56. The minimum Gasteiger partial charge on any atom is -0.396 e. The van der Waals surface area contributed by atoms with E-state index in [1.165, 1.54) is 44.9 Å². The fraction of sp³-hybridized carbons (Fsp3) is 1.00. The van der Waals surface area contributed by atoms with E-state index in [4.69, 9.17) is 0 Å². The van der Waals surface area contributed by atoms with Crippen LogP contribution in [0.25, 0.3) is 0 Å². The van der Waals surface area contributed by atoms with Gasteiger partial charge in [0.15, 0.2) is 0 Å².